The number of benzene rings is 1. The fourth-order valence-electron chi connectivity index (χ4n) is 2.90. The quantitative estimate of drug-likeness (QED) is 0.684. The van der Waals surface area contributed by atoms with Crippen LogP contribution >= 0.6 is 35.1 Å². The fourth-order valence-corrected chi connectivity index (χ4v) is 6.49. The van der Waals surface area contributed by atoms with E-state index in [4.69, 9.17) is 11.6 Å². The first-order valence-electron chi connectivity index (χ1n) is 8.14. The molecule has 0 unspecified atom stereocenters. The molecule has 0 radical (unpaired) electrons. The van der Waals surface area contributed by atoms with E-state index in [1.807, 2.05) is 24.7 Å². The smallest absolute Gasteiger partial charge is 0.0946 e. The van der Waals surface area contributed by atoms with Crippen LogP contribution in [0.3, 0.4) is 0 Å². The van der Waals surface area contributed by atoms with Crippen LogP contribution in [0.2, 0.25) is 5.02 Å². The molecule has 1 aliphatic rings. The number of hydrogen-bond donors (Lipinski definition) is 0. The molecule has 2 nitrogen and oxygen atoms in total. The second kappa shape index (κ2) is 8.00. The highest BCUT2D eigenvalue weighted by atomic mass is 35.5. The number of rotatable bonds is 6. The first-order valence-corrected chi connectivity index (χ1v) is 10.5. The van der Waals surface area contributed by atoms with Crippen molar-refractivity contribution in [1.82, 2.24) is 9.55 Å². The van der Waals surface area contributed by atoms with Gasteiger partial charge in [0.1, 0.15) is 0 Å². The van der Waals surface area contributed by atoms with Crippen LogP contribution in [0.15, 0.2) is 43.0 Å². The van der Waals surface area contributed by atoms with Gasteiger partial charge >= 0.3 is 0 Å². The molecule has 2 aromatic rings. The van der Waals surface area contributed by atoms with Gasteiger partial charge in [0.15, 0.2) is 0 Å². The maximum atomic E-state index is 6.29. The van der Waals surface area contributed by atoms with Crippen LogP contribution in [0, 0.1) is 5.92 Å². The highest BCUT2D eigenvalue weighted by Crippen LogP contribution is 2.48. The maximum absolute atomic E-state index is 6.29. The maximum Gasteiger partial charge on any atom is 0.0946 e. The standard InChI is InChI=1S/C18H23ClN2S2/c1-15-11-22-18(23-12-15,13-21-10-9-20-14-21)8-4-6-16-5-2-3-7-17(16)19/h2-3,5,7,9-10,14-15H,4,6,8,11-13H2,1H3. The van der Waals surface area contributed by atoms with E-state index in [1.54, 1.807) is 0 Å². The molecule has 0 amide bonds. The molecular weight excluding hydrogens is 344 g/mol. The summed E-state index contributed by atoms with van der Waals surface area (Å²) in [4.78, 5) is 4.20. The molecule has 5 heteroatoms. The molecule has 124 valence electrons. The number of hydrogen-bond acceptors (Lipinski definition) is 3. The van der Waals surface area contributed by atoms with Gasteiger partial charge in [-0.25, -0.2) is 4.98 Å². The summed E-state index contributed by atoms with van der Waals surface area (Å²) in [5, 5.41) is 0.897. The molecule has 0 atom stereocenters. The highest BCUT2D eigenvalue weighted by Gasteiger charge is 2.35. The average Bonchev–Trinajstić information content (AvgIpc) is 3.05. The SMILES string of the molecule is CC1CSC(CCCc2ccccc2Cl)(Cn2ccnc2)SC1. The van der Waals surface area contributed by atoms with E-state index in [0.717, 1.165) is 23.9 Å². The Morgan fingerprint density at radius 2 is 2.09 bits per heavy atom. The van der Waals surface area contributed by atoms with Crippen molar-refractivity contribution in [2.75, 3.05) is 11.5 Å². The lowest BCUT2D eigenvalue weighted by Gasteiger charge is -2.38. The van der Waals surface area contributed by atoms with Gasteiger partial charge in [0.2, 0.25) is 0 Å². The average molecular weight is 367 g/mol. The van der Waals surface area contributed by atoms with Gasteiger partial charge in [-0.1, -0.05) is 36.7 Å². The lowest BCUT2D eigenvalue weighted by Crippen LogP contribution is -2.33. The molecular formula is C18H23ClN2S2. The van der Waals surface area contributed by atoms with Gasteiger partial charge in [-0.05, 0) is 48.3 Å². The van der Waals surface area contributed by atoms with E-state index in [9.17, 15) is 0 Å². The Hall–Kier alpha value is -0.580. The first kappa shape index (κ1) is 17.2. The lowest BCUT2D eigenvalue weighted by atomic mass is 10.1. The predicted octanol–water partition coefficient (Wildman–Crippen LogP) is 5.37. The molecule has 23 heavy (non-hydrogen) atoms. The summed E-state index contributed by atoms with van der Waals surface area (Å²) in [5.74, 6) is 3.33. The Morgan fingerprint density at radius 1 is 1.30 bits per heavy atom. The van der Waals surface area contributed by atoms with E-state index in [-0.39, 0.29) is 4.08 Å². The Labute approximate surface area is 152 Å². The number of thioether (sulfide) groups is 2. The summed E-state index contributed by atoms with van der Waals surface area (Å²) in [6.07, 6.45) is 9.33. The predicted molar refractivity (Wildman–Crippen MR) is 103 cm³/mol. The van der Waals surface area contributed by atoms with Gasteiger partial charge in [-0.2, -0.15) is 0 Å². The normalized spacial score (nSPS) is 24.7. The number of halogens is 1. The Morgan fingerprint density at radius 3 is 2.78 bits per heavy atom. The van der Waals surface area contributed by atoms with Gasteiger partial charge in [0.25, 0.3) is 0 Å². The monoisotopic (exact) mass is 366 g/mol. The molecule has 1 aromatic heterocycles. The number of aromatic nitrogens is 2. The Balaban J connectivity index is 1.63. The van der Waals surface area contributed by atoms with Crippen molar-refractivity contribution in [1.29, 1.82) is 0 Å². The first-order chi connectivity index (χ1) is 11.2. The van der Waals surface area contributed by atoms with Crippen LogP contribution in [0.5, 0.6) is 0 Å². The summed E-state index contributed by atoms with van der Waals surface area (Å²) in [7, 11) is 0. The van der Waals surface area contributed by atoms with E-state index in [2.05, 4.69) is 58.3 Å². The summed E-state index contributed by atoms with van der Waals surface area (Å²) >= 11 is 10.6. The lowest BCUT2D eigenvalue weighted by molar-refractivity contribution is 0.559. The van der Waals surface area contributed by atoms with Crippen molar-refractivity contribution in [3.63, 3.8) is 0 Å². The molecule has 1 aromatic carbocycles. The summed E-state index contributed by atoms with van der Waals surface area (Å²) in [6, 6.07) is 8.22. The molecule has 0 aliphatic carbocycles. The van der Waals surface area contributed by atoms with Crippen LogP contribution in [-0.2, 0) is 13.0 Å². The van der Waals surface area contributed by atoms with Gasteiger partial charge < -0.3 is 4.57 Å². The molecule has 2 heterocycles. The third kappa shape index (κ3) is 4.71. The van der Waals surface area contributed by atoms with Crippen molar-refractivity contribution in [3.8, 4) is 0 Å². The van der Waals surface area contributed by atoms with Crippen LogP contribution in [-0.4, -0.2) is 25.1 Å². The number of aryl methyl sites for hydroxylation is 1. The van der Waals surface area contributed by atoms with E-state index in [0.29, 0.717) is 0 Å². The van der Waals surface area contributed by atoms with Crippen molar-refractivity contribution in [3.05, 3.63) is 53.6 Å². The van der Waals surface area contributed by atoms with Gasteiger partial charge in [0.05, 0.1) is 10.4 Å². The summed E-state index contributed by atoms with van der Waals surface area (Å²) in [6.45, 7) is 3.39. The highest BCUT2D eigenvalue weighted by molar-refractivity contribution is 8.18. The van der Waals surface area contributed by atoms with E-state index >= 15 is 0 Å². The van der Waals surface area contributed by atoms with Gasteiger partial charge in [0, 0.05) is 24.0 Å². The van der Waals surface area contributed by atoms with Crippen LogP contribution in [0.4, 0.5) is 0 Å². The van der Waals surface area contributed by atoms with Crippen LogP contribution in [0.1, 0.15) is 25.3 Å². The second-order valence-electron chi connectivity index (χ2n) is 6.32. The zero-order chi connectivity index (χ0) is 16.1. The van der Waals surface area contributed by atoms with E-state index in [1.165, 1.54) is 29.9 Å². The van der Waals surface area contributed by atoms with E-state index < -0.39 is 0 Å². The van der Waals surface area contributed by atoms with Crippen LogP contribution < -0.4 is 0 Å². The molecule has 0 N–H and O–H groups in total. The molecule has 1 saturated heterocycles. The molecule has 0 spiro atoms. The van der Waals surface area contributed by atoms with Gasteiger partial charge in [-0.15, -0.1) is 23.5 Å². The van der Waals surface area contributed by atoms with Crippen molar-refractivity contribution in [2.45, 2.75) is 36.8 Å². The summed E-state index contributed by atoms with van der Waals surface area (Å²) in [5.41, 5.74) is 1.27. The minimum Gasteiger partial charge on any atom is -0.335 e. The van der Waals surface area contributed by atoms with Crippen LogP contribution in [0.25, 0.3) is 0 Å². The number of nitrogens with zero attached hydrogens (tertiary/aromatic N) is 2. The van der Waals surface area contributed by atoms with Crippen molar-refractivity contribution >= 4 is 35.1 Å². The zero-order valence-corrected chi connectivity index (χ0v) is 15.8. The molecule has 3 rings (SSSR count). The topological polar surface area (TPSA) is 17.8 Å². The second-order valence-corrected chi connectivity index (χ2v) is 9.79. The minimum atomic E-state index is 0.272. The Bertz CT molecular complexity index is 607. The van der Waals surface area contributed by atoms with Crippen molar-refractivity contribution in [2.24, 2.45) is 5.92 Å². The third-order valence-electron chi connectivity index (χ3n) is 4.21. The summed E-state index contributed by atoms with van der Waals surface area (Å²) < 4.78 is 2.50. The zero-order valence-electron chi connectivity index (χ0n) is 13.5. The largest absolute Gasteiger partial charge is 0.335 e. The Kier molecular flexibility index (Phi) is 6.00. The third-order valence-corrected chi connectivity index (χ3v) is 8.47. The fraction of sp³-hybridized carbons (Fsp3) is 0.500. The molecule has 0 saturated carbocycles. The van der Waals surface area contributed by atoms with Crippen molar-refractivity contribution < 1.29 is 0 Å². The minimum absolute atomic E-state index is 0.272. The molecule has 1 fully saturated rings. The number of imidazole rings is 1. The van der Waals surface area contributed by atoms with Gasteiger partial charge in [-0.3, -0.25) is 0 Å². The molecule has 0 bridgehead atoms. The molecule has 1 aliphatic heterocycles.